The number of nitrogens with two attached hydrogens (primary N) is 1. The third-order valence-corrected chi connectivity index (χ3v) is 4.11. The van der Waals surface area contributed by atoms with Gasteiger partial charge in [-0.05, 0) is 40.0 Å². The molecule has 0 saturated heterocycles. The van der Waals surface area contributed by atoms with Crippen molar-refractivity contribution in [3.63, 3.8) is 0 Å². The van der Waals surface area contributed by atoms with Crippen LogP contribution in [0.25, 0.3) is 0 Å². The first-order chi connectivity index (χ1) is 7.87. The van der Waals surface area contributed by atoms with Gasteiger partial charge in [-0.3, -0.25) is 0 Å². The lowest BCUT2D eigenvalue weighted by Gasteiger charge is -2.59. The van der Waals surface area contributed by atoms with Crippen molar-refractivity contribution in [2.45, 2.75) is 64.1 Å². The molecule has 2 atom stereocenters. The fourth-order valence-electron chi connectivity index (χ4n) is 3.06. The fraction of sp³-hybridized carbons (Fsp3) is 0.923. The number of nitrogens with one attached hydrogen (secondary N) is 1. The van der Waals surface area contributed by atoms with E-state index in [1.165, 1.54) is 19.3 Å². The van der Waals surface area contributed by atoms with Crippen molar-refractivity contribution >= 4 is 5.96 Å². The van der Waals surface area contributed by atoms with Crippen LogP contribution in [0.4, 0.5) is 0 Å². The number of aliphatic imine (C=N–C) groups is 1. The molecule has 0 radical (unpaired) electrons. The van der Waals surface area contributed by atoms with Gasteiger partial charge >= 0.3 is 0 Å². The summed E-state index contributed by atoms with van der Waals surface area (Å²) in [5.41, 5.74) is 6.24. The summed E-state index contributed by atoms with van der Waals surface area (Å²) in [5.74, 6) is 0.573. The summed E-state index contributed by atoms with van der Waals surface area (Å²) in [6.45, 7) is 6.27. The van der Waals surface area contributed by atoms with Crippen LogP contribution in [-0.2, 0) is 4.74 Å². The molecule has 4 nitrogen and oxygen atoms in total. The van der Waals surface area contributed by atoms with Gasteiger partial charge in [-0.25, -0.2) is 4.99 Å². The summed E-state index contributed by atoms with van der Waals surface area (Å²) in [6, 6.07) is 0.357. The van der Waals surface area contributed by atoms with E-state index in [0.29, 0.717) is 23.5 Å². The van der Waals surface area contributed by atoms with Gasteiger partial charge in [-0.2, -0.15) is 0 Å². The summed E-state index contributed by atoms with van der Waals surface area (Å²) in [6.07, 6.45) is 5.19. The Hall–Kier alpha value is -0.770. The summed E-state index contributed by atoms with van der Waals surface area (Å²) in [7, 11) is 1.81. The average molecular weight is 239 g/mol. The summed E-state index contributed by atoms with van der Waals surface area (Å²) >= 11 is 0. The van der Waals surface area contributed by atoms with Crippen molar-refractivity contribution in [2.75, 3.05) is 7.11 Å². The quantitative estimate of drug-likeness (QED) is 0.569. The maximum Gasteiger partial charge on any atom is 0.189 e. The Morgan fingerprint density at radius 1 is 1.41 bits per heavy atom. The smallest absolute Gasteiger partial charge is 0.189 e. The van der Waals surface area contributed by atoms with Gasteiger partial charge in [-0.15, -0.1) is 0 Å². The first-order valence-corrected chi connectivity index (χ1v) is 6.52. The SMILES string of the molecule is COC1CC(N=C(N)NC(C)(C)C)C12CCC2. The number of hydrogen-bond donors (Lipinski definition) is 2. The topological polar surface area (TPSA) is 59.6 Å². The summed E-state index contributed by atoms with van der Waals surface area (Å²) < 4.78 is 5.53. The molecule has 98 valence electrons. The Morgan fingerprint density at radius 3 is 2.47 bits per heavy atom. The van der Waals surface area contributed by atoms with Crippen LogP contribution >= 0.6 is 0 Å². The van der Waals surface area contributed by atoms with Crippen LogP contribution in [0.5, 0.6) is 0 Å². The number of guanidine groups is 1. The van der Waals surface area contributed by atoms with Gasteiger partial charge in [0.1, 0.15) is 0 Å². The van der Waals surface area contributed by atoms with Crippen molar-refractivity contribution in [1.82, 2.24) is 5.32 Å². The number of nitrogens with zero attached hydrogens (tertiary/aromatic N) is 1. The summed E-state index contributed by atoms with van der Waals surface area (Å²) in [5, 5.41) is 3.22. The normalized spacial score (nSPS) is 31.9. The van der Waals surface area contributed by atoms with Gasteiger partial charge in [0.2, 0.25) is 0 Å². The van der Waals surface area contributed by atoms with Crippen molar-refractivity contribution in [1.29, 1.82) is 0 Å². The molecule has 0 aromatic heterocycles. The largest absolute Gasteiger partial charge is 0.381 e. The highest BCUT2D eigenvalue weighted by molar-refractivity contribution is 5.78. The zero-order valence-electron chi connectivity index (χ0n) is 11.4. The molecular weight excluding hydrogens is 214 g/mol. The number of ether oxygens (including phenoxy) is 1. The molecule has 2 aliphatic rings. The van der Waals surface area contributed by atoms with Crippen LogP contribution in [0.2, 0.25) is 0 Å². The van der Waals surface area contributed by atoms with Crippen molar-refractivity contribution in [3.8, 4) is 0 Å². The molecule has 0 aromatic carbocycles. The van der Waals surface area contributed by atoms with E-state index in [1.807, 2.05) is 0 Å². The second-order valence-corrected chi connectivity index (χ2v) is 6.45. The Bertz CT molecular complexity index is 315. The van der Waals surface area contributed by atoms with Crippen LogP contribution in [0.15, 0.2) is 4.99 Å². The molecular formula is C13H25N3O. The second kappa shape index (κ2) is 4.16. The fourth-order valence-corrected chi connectivity index (χ4v) is 3.06. The summed E-state index contributed by atoms with van der Waals surface area (Å²) in [4.78, 5) is 4.64. The van der Waals surface area contributed by atoms with E-state index in [9.17, 15) is 0 Å². The lowest BCUT2D eigenvalue weighted by atomic mass is 9.51. The van der Waals surface area contributed by atoms with Crippen molar-refractivity contribution in [2.24, 2.45) is 16.1 Å². The van der Waals surface area contributed by atoms with E-state index in [1.54, 1.807) is 7.11 Å². The van der Waals surface area contributed by atoms with E-state index >= 15 is 0 Å². The number of hydrogen-bond acceptors (Lipinski definition) is 2. The predicted molar refractivity (Wildman–Crippen MR) is 70.0 cm³/mol. The van der Waals surface area contributed by atoms with E-state index in [4.69, 9.17) is 10.5 Å². The van der Waals surface area contributed by atoms with E-state index in [2.05, 4.69) is 31.1 Å². The molecule has 0 aliphatic heterocycles. The second-order valence-electron chi connectivity index (χ2n) is 6.45. The van der Waals surface area contributed by atoms with Crippen molar-refractivity contribution < 1.29 is 4.74 Å². The first-order valence-electron chi connectivity index (χ1n) is 6.52. The molecule has 2 fully saturated rings. The van der Waals surface area contributed by atoms with Gasteiger partial charge in [0.05, 0.1) is 12.1 Å². The van der Waals surface area contributed by atoms with Gasteiger partial charge in [0, 0.05) is 18.1 Å². The predicted octanol–water partition coefficient (Wildman–Crippen LogP) is 1.65. The molecule has 1 spiro atoms. The Kier molecular flexibility index (Phi) is 3.10. The van der Waals surface area contributed by atoms with E-state index in [-0.39, 0.29) is 5.54 Å². The Labute approximate surface area is 104 Å². The van der Waals surface area contributed by atoms with Gasteiger partial charge in [-0.1, -0.05) is 6.42 Å². The third-order valence-electron chi connectivity index (χ3n) is 4.11. The number of rotatable bonds is 2. The van der Waals surface area contributed by atoms with Gasteiger partial charge < -0.3 is 15.8 Å². The zero-order chi connectivity index (χ0) is 12.7. The van der Waals surface area contributed by atoms with Crippen LogP contribution in [0, 0.1) is 5.41 Å². The molecule has 2 rings (SSSR count). The minimum atomic E-state index is -0.0231. The third kappa shape index (κ3) is 2.28. The Morgan fingerprint density at radius 2 is 2.06 bits per heavy atom. The number of methoxy groups -OCH3 is 1. The molecule has 3 N–H and O–H groups in total. The lowest BCUT2D eigenvalue weighted by Crippen LogP contribution is -2.61. The molecule has 0 aromatic rings. The lowest BCUT2D eigenvalue weighted by molar-refractivity contribution is -0.150. The highest BCUT2D eigenvalue weighted by Gasteiger charge is 2.59. The molecule has 0 amide bonds. The highest BCUT2D eigenvalue weighted by atomic mass is 16.5. The standard InChI is InChI=1S/C13H25N3O/c1-12(2,3)16-11(14)15-9-8-10(17-4)13(9)6-5-7-13/h9-10H,5-8H2,1-4H3,(H3,14,15,16). The monoisotopic (exact) mass is 239 g/mol. The Balaban J connectivity index is 1.98. The highest BCUT2D eigenvalue weighted by Crippen LogP contribution is 2.58. The van der Waals surface area contributed by atoms with Crippen molar-refractivity contribution in [3.05, 3.63) is 0 Å². The molecule has 17 heavy (non-hydrogen) atoms. The molecule has 0 heterocycles. The van der Waals surface area contributed by atoms with E-state index < -0.39 is 0 Å². The molecule has 0 bridgehead atoms. The van der Waals surface area contributed by atoms with Crippen LogP contribution < -0.4 is 11.1 Å². The minimum Gasteiger partial charge on any atom is -0.381 e. The maximum atomic E-state index is 5.96. The van der Waals surface area contributed by atoms with E-state index in [0.717, 1.165) is 6.42 Å². The minimum absolute atomic E-state index is 0.0231. The first kappa shape index (κ1) is 12.7. The zero-order valence-corrected chi connectivity index (χ0v) is 11.4. The van der Waals surface area contributed by atoms with Crippen LogP contribution in [0.3, 0.4) is 0 Å². The molecule has 2 aliphatic carbocycles. The average Bonchev–Trinajstić information content (AvgIpc) is 2.05. The van der Waals surface area contributed by atoms with Crippen LogP contribution in [-0.4, -0.2) is 30.8 Å². The van der Waals surface area contributed by atoms with Gasteiger partial charge in [0.15, 0.2) is 5.96 Å². The molecule has 4 heteroatoms. The van der Waals surface area contributed by atoms with Crippen LogP contribution in [0.1, 0.15) is 46.5 Å². The molecule has 2 unspecified atom stereocenters. The maximum absolute atomic E-state index is 5.96. The van der Waals surface area contributed by atoms with Gasteiger partial charge in [0.25, 0.3) is 0 Å². The molecule has 2 saturated carbocycles.